The lowest BCUT2D eigenvalue weighted by Gasteiger charge is -2.20. The van der Waals surface area contributed by atoms with Crippen molar-refractivity contribution in [2.24, 2.45) is 0 Å². The van der Waals surface area contributed by atoms with Crippen molar-refractivity contribution in [3.05, 3.63) is 0 Å². The summed E-state index contributed by atoms with van der Waals surface area (Å²) in [4.78, 5) is 13.7. The molecule has 1 N–H and O–H groups in total. The number of amides is 1. The summed E-state index contributed by atoms with van der Waals surface area (Å²) in [7, 11) is 1.54. The lowest BCUT2D eigenvalue weighted by atomic mass is 10.3. The fraction of sp³-hybridized carbons (Fsp3) is 0.909. The molecule has 0 aliphatic rings. The molecule has 0 aliphatic carbocycles. The number of hydrogen-bond donors (Lipinski definition) is 1. The maximum atomic E-state index is 11.3. The molecule has 4 heteroatoms. The van der Waals surface area contributed by atoms with Crippen LogP contribution in [-0.2, 0) is 9.53 Å². The van der Waals surface area contributed by atoms with Gasteiger partial charge in [0.2, 0.25) is 5.91 Å². The van der Waals surface area contributed by atoms with Crippen LogP contribution < -0.4 is 5.32 Å². The molecule has 0 saturated heterocycles. The number of ether oxygens (including phenoxy) is 1. The number of carbonyl (C=O) groups is 1. The van der Waals surface area contributed by atoms with Gasteiger partial charge in [-0.15, -0.1) is 0 Å². The van der Waals surface area contributed by atoms with Gasteiger partial charge in [-0.3, -0.25) is 4.79 Å². The second kappa shape index (κ2) is 8.68. The first kappa shape index (κ1) is 14.4. The van der Waals surface area contributed by atoms with E-state index in [-0.39, 0.29) is 12.0 Å². The summed E-state index contributed by atoms with van der Waals surface area (Å²) < 4.78 is 4.92. The van der Waals surface area contributed by atoms with Crippen LogP contribution in [0.3, 0.4) is 0 Å². The van der Waals surface area contributed by atoms with Crippen LogP contribution >= 0.6 is 0 Å². The molecule has 0 rings (SSSR count). The molecule has 90 valence electrons. The second-order valence-corrected chi connectivity index (χ2v) is 3.60. The summed E-state index contributed by atoms with van der Waals surface area (Å²) in [6, 6.07) is 0. The lowest BCUT2D eigenvalue weighted by Crippen LogP contribution is -2.39. The standard InChI is InChI=1S/C11H24N2O2/c1-5-8-13(6-2)9-7-12-11(14)10(3)15-4/h10H,5-9H2,1-4H3,(H,12,14). The van der Waals surface area contributed by atoms with Gasteiger partial charge in [0.1, 0.15) is 6.10 Å². The molecular weight excluding hydrogens is 192 g/mol. The zero-order valence-corrected chi connectivity index (χ0v) is 10.4. The number of methoxy groups -OCH3 is 1. The molecule has 15 heavy (non-hydrogen) atoms. The highest BCUT2D eigenvalue weighted by Crippen LogP contribution is 1.90. The van der Waals surface area contributed by atoms with Crippen molar-refractivity contribution >= 4 is 5.91 Å². The van der Waals surface area contributed by atoms with Crippen LogP contribution in [0.2, 0.25) is 0 Å². The average Bonchev–Trinajstić information content (AvgIpc) is 2.26. The van der Waals surface area contributed by atoms with Crippen molar-refractivity contribution in [1.82, 2.24) is 10.2 Å². The van der Waals surface area contributed by atoms with E-state index in [1.165, 1.54) is 0 Å². The zero-order valence-electron chi connectivity index (χ0n) is 10.4. The molecule has 0 saturated carbocycles. The molecule has 1 atom stereocenters. The van der Waals surface area contributed by atoms with Gasteiger partial charge in [0.05, 0.1) is 0 Å². The highest BCUT2D eigenvalue weighted by molar-refractivity contribution is 5.80. The highest BCUT2D eigenvalue weighted by Gasteiger charge is 2.10. The fourth-order valence-electron chi connectivity index (χ4n) is 1.33. The molecule has 1 amide bonds. The van der Waals surface area contributed by atoms with E-state index in [2.05, 4.69) is 24.1 Å². The molecule has 1 unspecified atom stereocenters. The predicted molar refractivity (Wildman–Crippen MR) is 61.9 cm³/mol. The summed E-state index contributed by atoms with van der Waals surface area (Å²) in [5, 5.41) is 2.85. The van der Waals surface area contributed by atoms with E-state index in [0.717, 1.165) is 26.1 Å². The fourth-order valence-corrected chi connectivity index (χ4v) is 1.33. The number of likely N-dealkylation sites (N-methyl/N-ethyl adjacent to an activating group) is 1. The zero-order chi connectivity index (χ0) is 11.7. The van der Waals surface area contributed by atoms with E-state index < -0.39 is 0 Å². The average molecular weight is 216 g/mol. The number of hydrogen-bond acceptors (Lipinski definition) is 3. The van der Waals surface area contributed by atoms with Crippen molar-refractivity contribution in [2.75, 3.05) is 33.3 Å². The quantitative estimate of drug-likeness (QED) is 0.654. The van der Waals surface area contributed by atoms with Crippen molar-refractivity contribution in [3.8, 4) is 0 Å². The third kappa shape index (κ3) is 6.47. The monoisotopic (exact) mass is 216 g/mol. The third-order valence-electron chi connectivity index (χ3n) is 2.44. The van der Waals surface area contributed by atoms with E-state index in [0.29, 0.717) is 6.54 Å². The van der Waals surface area contributed by atoms with Gasteiger partial charge in [0.25, 0.3) is 0 Å². The molecule has 4 nitrogen and oxygen atoms in total. The minimum absolute atomic E-state index is 0.0370. The van der Waals surface area contributed by atoms with Gasteiger partial charge in [0.15, 0.2) is 0 Å². The van der Waals surface area contributed by atoms with Crippen LogP contribution in [0.25, 0.3) is 0 Å². The Labute approximate surface area is 93.0 Å². The third-order valence-corrected chi connectivity index (χ3v) is 2.44. The first-order chi connectivity index (χ1) is 7.15. The van der Waals surface area contributed by atoms with Crippen molar-refractivity contribution in [2.45, 2.75) is 33.3 Å². The molecule has 0 bridgehead atoms. The van der Waals surface area contributed by atoms with Crippen LogP contribution in [0.15, 0.2) is 0 Å². The Morgan fingerprint density at radius 2 is 2.07 bits per heavy atom. The Balaban J connectivity index is 3.63. The molecule has 0 aromatic carbocycles. The Kier molecular flexibility index (Phi) is 8.33. The van der Waals surface area contributed by atoms with E-state index in [1.807, 2.05) is 0 Å². The second-order valence-electron chi connectivity index (χ2n) is 3.60. The van der Waals surface area contributed by atoms with Crippen LogP contribution in [0, 0.1) is 0 Å². The SMILES string of the molecule is CCCN(CC)CCNC(=O)C(C)OC. The van der Waals surface area contributed by atoms with Crippen molar-refractivity contribution < 1.29 is 9.53 Å². The largest absolute Gasteiger partial charge is 0.372 e. The highest BCUT2D eigenvalue weighted by atomic mass is 16.5. The molecule has 0 aliphatic heterocycles. The van der Waals surface area contributed by atoms with E-state index in [4.69, 9.17) is 4.74 Å². The first-order valence-corrected chi connectivity index (χ1v) is 5.68. The Hall–Kier alpha value is -0.610. The molecule has 0 spiro atoms. The summed E-state index contributed by atoms with van der Waals surface area (Å²) in [6.45, 7) is 9.77. The van der Waals surface area contributed by atoms with Gasteiger partial charge in [-0.1, -0.05) is 13.8 Å². The van der Waals surface area contributed by atoms with Gasteiger partial charge in [0, 0.05) is 20.2 Å². The van der Waals surface area contributed by atoms with Crippen LogP contribution in [0.4, 0.5) is 0 Å². The summed E-state index contributed by atoms with van der Waals surface area (Å²) in [5.41, 5.74) is 0. The molecular formula is C11H24N2O2. The topological polar surface area (TPSA) is 41.6 Å². The van der Waals surface area contributed by atoms with Crippen molar-refractivity contribution in [3.63, 3.8) is 0 Å². The Bertz CT molecular complexity index is 174. The number of rotatable bonds is 8. The predicted octanol–water partition coefficient (Wildman–Crippen LogP) is 0.869. The summed E-state index contributed by atoms with van der Waals surface area (Å²) in [6.07, 6.45) is 0.794. The molecule has 0 fully saturated rings. The normalized spacial score (nSPS) is 12.9. The van der Waals surface area contributed by atoms with Crippen LogP contribution in [0.5, 0.6) is 0 Å². The van der Waals surface area contributed by atoms with Gasteiger partial charge in [-0.05, 0) is 26.4 Å². The molecule has 0 heterocycles. The van der Waals surface area contributed by atoms with Gasteiger partial charge < -0.3 is 15.0 Å². The van der Waals surface area contributed by atoms with Gasteiger partial charge in [-0.25, -0.2) is 0 Å². The van der Waals surface area contributed by atoms with Gasteiger partial charge >= 0.3 is 0 Å². The summed E-state index contributed by atoms with van der Waals surface area (Å²) in [5.74, 6) is -0.0370. The van der Waals surface area contributed by atoms with E-state index in [9.17, 15) is 4.79 Å². The van der Waals surface area contributed by atoms with E-state index in [1.54, 1.807) is 14.0 Å². The number of nitrogens with one attached hydrogen (secondary N) is 1. The molecule has 0 aromatic heterocycles. The Morgan fingerprint density at radius 3 is 2.53 bits per heavy atom. The number of nitrogens with zero attached hydrogens (tertiary/aromatic N) is 1. The van der Waals surface area contributed by atoms with Crippen molar-refractivity contribution in [1.29, 1.82) is 0 Å². The maximum absolute atomic E-state index is 11.3. The minimum atomic E-state index is -0.355. The maximum Gasteiger partial charge on any atom is 0.248 e. The number of carbonyl (C=O) groups excluding carboxylic acids is 1. The molecule has 0 radical (unpaired) electrons. The minimum Gasteiger partial charge on any atom is -0.372 e. The van der Waals surface area contributed by atoms with E-state index >= 15 is 0 Å². The van der Waals surface area contributed by atoms with Crippen LogP contribution in [-0.4, -0.2) is 50.2 Å². The smallest absolute Gasteiger partial charge is 0.248 e. The molecule has 0 aromatic rings. The Morgan fingerprint density at radius 1 is 1.40 bits per heavy atom. The lowest BCUT2D eigenvalue weighted by molar-refractivity contribution is -0.130. The van der Waals surface area contributed by atoms with Gasteiger partial charge in [-0.2, -0.15) is 0 Å². The van der Waals surface area contributed by atoms with Crippen LogP contribution in [0.1, 0.15) is 27.2 Å². The first-order valence-electron chi connectivity index (χ1n) is 5.68. The summed E-state index contributed by atoms with van der Waals surface area (Å²) >= 11 is 0.